The fraction of sp³-hybridized carbons (Fsp3) is 0.636. The molecule has 1 aliphatic rings. The fourth-order valence-electron chi connectivity index (χ4n) is 1.28. The van der Waals surface area contributed by atoms with Crippen LogP contribution in [-0.2, 0) is 4.79 Å². The summed E-state index contributed by atoms with van der Waals surface area (Å²) in [7, 11) is 1.63. The molecule has 16 heavy (non-hydrogen) atoms. The van der Waals surface area contributed by atoms with Gasteiger partial charge in [-0.15, -0.1) is 0 Å². The molecule has 0 radical (unpaired) electrons. The molecule has 0 aromatic carbocycles. The average Bonchev–Trinajstić information content (AvgIpc) is 2.32. The van der Waals surface area contributed by atoms with E-state index in [0.717, 1.165) is 6.42 Å². The first-order chi connectivity index (χ1) is 7.32. The molecule has 0 fully saturated rings. The van der Waals surface area contributed by atoms with Crippen LogP contribution in [0, 0.1) is 0 Å². The quantitative estimate of drug-likeness (QED) is 0.771. The lowest BCUT2D eigenvalue weighted by atomic mass is 10.1. The van der Waals surface area contributed by atoms with E-state index in [2.05, 4.69) is 4.99 Å². The molecular formula is C11H18FN3O. The van der Waals surface area contributed by atoms with Gasteiger partial charge in [-0.1, -0.05) is 0 Å². The second-order valence-corrected chi connectivity index (χ2v) is 4.37. The van der Waals surface area contributed by atoms with Crippen LogP contribution in [0.4, 0.5) is 4.39 Å². The third-order valence-corrected chi connectivity index (χ3v) is 2.51. The standard InChI is InChI=1S/C11H18FN3O/c1-11(2,12)8(13)7-9-14-6-4-5-10(16)15(9)3/h7H,4-6,13H2,1-3H3. The van der Waals surface area contributed by atoms with E-state index in [4.69, 9.17) is 5.73 Å². The molecule has 1 amide bonds. The first kappa shape index (κ1) is 12.7. The van der Waals surface area contributed by atoms with Crippen molar-refractivity contribution >= 4 is 11.7 Å². The van der Waals surface area contributed by atoms with Crippen molar-refractivity contribution in [1.29, 1.82) is 0 Å². The van der Waals surface area contributed by atoms with Crippen LogP contribution in [0.5, 0.6) is 0 Å². The van der Waals surface area contributed by atoms with Crippen LogP contribution < -0.4 is 5.73 Å². The van der Waals surface area contributed by atoms with Crippen molar-refractivity contribution in [3.05, 3.63) is 11.8 Å². The van der Waals surface area contributed by atoms with E-state index in [-0.39, 0.29) is 11.6 Å². The van der Waals surface area contributed by atoms with Gasteiger partial charge in [-0.2, -0.15) is 0 Å². The van der Waals surface area contributed by atoms with Gasteiger partial charge in [0.25, 0.3) is 0 Å². The minimum Gasteiger partial charge on any atom is -0.399 e. The Hall–Kier alpha value is -1.39. The maximum atomic E-state index is 13.5. The van der Waals surface area contributed by atoms with Gasteiger partial charge in [-0.05, 0) is 20.3 Å². The zero-order chi connectivity index (χ0) is 12.3. The maximum Gasteiger partial charge on any atom is 0.227 e. The fourth-order valence-corrected chi connectivity index (χ4v) is 1.28. The summed E-state index contributed by atoms with van der Waals surface area (Å²) in [5.41, 5.74) is 4.09. The molecule has 0 atom stereocenters. The number of carbonyl (C=O) groups excluding carboxylic acids is 1. The number of allylic oxidation sites excluding steroid dienone is 1. The predicted molar refractivity (Wildman–Crippen MR) is 61.8 cm³/mol. The number of carbonyl (C=O) groups is 1. The Labute approximate surface area is 95.0 Å². The molecule has 90 valence electrons. The normalized spacial score (nSPS) is 19.5. The number of halogens is 1. The number of amides is 1. The highest BCUT2D eigenvalue weighted by atomic mass is 19.1. The molecular weight excluding hydrogens is 209 g/mol. The number of rotatable bonds is 2. The first-order valence-corrected chi connectivity index (χ1v) is 5.30. The number of hydrogen-bond donors (Lipinski definition) is 1. The summed E-state index contributed by atoms with van der Waals surface area (Å²) in [5, 5.41) is 0. The SMILES string of the molecule is CN1C(=O)CCCN=C1C=C(N)C(C)(C)F. The van der Waals surface area contributed by atoms with Gasteiger partial charge in [0.15, 0.2) is 0 Å². The van der Waals surface area contributed by atoms with Gasteiger partial charge in [0.1, 0.15) is 11.5 Å². The van der Waals surface area contributed by atoms with Gasteiger partial charge in [-0.25, -0.2) is 4.39 Å². The third-order valence-electron chi connectivity index (χ3n) is 2.51. The highest BCUT2D eigenvalue weighted by molar-refractivity contribution is 6.04. The van der Waals surface area contributed by atoms with Crippen LogP contribution >= 0.6 is 0 Å². The number of nitrogens with zero attached hydrogens (tertiary/aromatic N) is 2. The van der Waals surface area contributed by atoms with E-state index in [1.54, 1.807) is 7.05 Å². The molecule has 1 rings (SSSR count). The summed E-state index contributed by atoms with van der Waals surface area (Å²) in [6.45, 7) is 3.32. The maximum absolute atomic E-state index is 13.5. The van der Waals surface area contributed by atoms with Crippen LogP contribution in [0.25, 0.3) is 0 Å². The van der Waals surface area contributed by atoms with Gasteiger partial charge in [-0.3, -0.25) is 9.79 Å². The van der Waals surface area contributed by atoms with Crippen molar-refractivity contribution < 1.29 is 9.18 Å². The Morgan fingerprint density at radius 1 is 1.62 bits per heavy atom. The molecule has 5 heteroatoms. The lowest BCUT2D eigenvalue weighted by Crippen LogP contribution is -2.33. The Morgan fingerprint density at radius 2 is 2.25 bits per heavy atom. The highest BCUT2D eigenvalue weighted by Crippen LogP contribution is 2.16. The van der Waals surface area contributed by atoms with Crippen molar-refractivity contribution in [2.45, 2.75) is 32.4 Å². The van der Waals surface area contributed by atoms with Crippen LogP contribution in [0.1, 0.15) is 26.7 Å². The van der Waals surface area contributed by atoms with Crippen LogP contribution in [0.2, 0.25) is 0 Å². The Bertz CT molecular complexity index is 342. The second kappa shape index (κ2) is 4.63. The number of alkyl halides is 1. The average molecular weight is 227 g/mol. The lowest BCUT2D eigenvalue weighted by molar-refractivity contribution is -0.126. The molecule has 1 heterocycles. The van der Waals surface area contributed by atoms with Crippen molar-refractivity contribution in [2.75, 3.05) is 13.6 Å². The Balaban J connectivity index is 2.94. The molecule has 0 unspecified atom stereocenters. The van der Waals surface area contributed by atoms with E-state index >= 15 is 0 Å². The third kappa shape index (κ3) is 3.05. The summed E-state index contributed by atoms with van der Waals surface area (Å²) in [6, 6.07) is 0. The van der Waals surface area contributed by atoms with Crippen molar-refractivity contribution in [2.24, 2.45) is 10.7 Å². The second-order valence-electron chi connectivity index (χ2n) is 4.37. The summed E-state index contributed by atoms with van der Waals surface area (Å²) >= 11 is 0. The van der Waals surface area contributed by atoms with E-state index in [1.807, 2.05) is 0 Å². The van der Waals surface area contributed by atoms with Crippen LogP contribution in [0.3, 0.4) is 0 Å². The monoisotopic (exact) mass is 227 g/mol. The molecule has 0 aliphatic carbocycles. The zero-order valence-corrected chi connectivity index (χ0v) is 9.96. The molecule has 0 saturated carbocycles. The Morgan fingerprint density at radius 3 is 2.81 bits per heavy atom. The predicted octanol–water partition coefficient (Wildman–Crippen LogP) is 1.23. The van der Waals surface area contributed by atoms with Gasteiger partial charge < -0.3 is 10.6 Å². The van der Waals surface area contributed by atoms with E-state index in [0.29, 0.717) is 18.8 Å². The smallest absolute Gasteiger partial charge is 0.227 e. The van der Waals surface area contributed by atoms with E-state index in [9.17, 15) is 9.18 Å². The summed E-state index contributed by atoms with van der Waals surface area (Å²) in [6.07, 6.45) is 2.62. The number of aliphatic imine (C=N–C) groups is 1. The topological polar surface area (TPSA) is 58.7 Å². The molecule has 0 aromatic rings. The number of nitrogens with two attached hydrogens (primary N) is 1. The molecule has 2 N–H and O–H groups in total. The van der Waals surface area contributed by atoms with Gasteiger partial charge >= 0.3 is 0 Å². The first-order valence-electron chi connectivity index (χ1n) is 5.30. The van der Waals surface area contributed by atoms with Crippen molar-refractivity contribution in [3.63, 3.8) is 0 Å². The van der Waals surface area contributed by atoms with Gasteiger partial charge in [0, 0.05) is 31.8 Å². The Kier molecular flexibility index (Phi) is 3.67. The molecule has 0 aromatic heterocycles. The number of likely N-dealkylation sites (N-methyl/N-ethyl adjacent to an activating group) is 1. The molecule has 4 nitrogen and oxygen atoms in total. The summed E-state index contributed by atoms with van der Waals surface area (Å²) in [5.74, 6) is 0.419. The van der Waals surface area contributed by atoms with Gasteiger partial charge in [0.2, 0.25) is 5.91 Å². The summed E-state index contributed by atoms with van der Waals surface area (Å²) < 4.78 is 13.5. The minimum absolute atomic E-state index is 0.0167. The summed E-state index contributed by atoms with van der Waals surface area (Å²) in [4.78, 5) is 17.2. The van der Waals surface area contributed by atoms with Crippen molar-refractivity contribution in [3.8, 4) is 0 Å². The van der Waals surface area contributed by atoms with Crippen LogP contribution in [-0.4, -0.2) is 35.9 Å². The van der Waals surface area contributed by atoms with E-state index in [1.165, 1.54) is 24.8 Å². The van der Waals surface area contributed by atoms with Gasteiger partial charge in [0.05, 0.1) is 0 Å². The minimum atomic E-state index is -1.60. The lowest BCUT2D eigenvalue weighted by Gasteiger charge is -2.18. The molecule has 1 aliphatic heterocycles. The van der Waals surface area contributed by atoms with E-state index < -0.39 is 5.67 Å². The molecule has 0 spiro atoms. The zero-order valence-electron chi connectivity index (χ0n) is 9.96. The number of amidine groups is 1. The van der Waals surface area contributed by atoms with Crippen LogP contribution in [0.15, 0.2) is 16.8 Å². The van der Waals surface area contributed by atoms with Crippen molar-refractivity contribution in [1.82, 2.24) is 4.90 Å². The highest BCUT2D eigenvalue weighted by Gasteiger charge is 2.22. The largest absolute Gasteiger partial charge is 0.399 e. The number of hydrogen-bond acceptors (Lipinski definition) is 3. The molecule has 0 bridgehead atoms. The molecule has 0 saturated heterocycles.